The summed E-state index contributed by atoms with van der Waals surface area (Å²) in [6.45, 7) is 4.09. The molecule has 1 unspecified atom stereocenters. The number of nitrogens with two attached hydrogens (primary N) is 1. The molecule has 5 rings (SSSR count). The smallest absolute Gasteiger partial charge is 0.255 e. The van der Waals surface area contributed by atoms with Crippen LogP contribution in [0.2, 0.25) is 5.02 Å². The van der Waals surface area contributed by atoms with Crippen LogP contribution in [-0.2, 0) is 6.54 Å². The lowest BCUT2D eigenvalue weighted by Crippen LogP contribution is -2.36. The lowest BCUT2D eigenvalue weighted by molar-refractivity contribution is 0.0941. The van der Waals surface area contributed by atoms with Crippen molar-refractivity contribution < 1.29 is 9.42 Å². The zero-order valence-electron chi connectivity index (χ0n) is 17.3. The van der Waals surface area contributed by atoms with Gasteiger partial charge in [0, 0.05) is 35.9 Å². The molecule has 0 radical (unpaired) electrons. The molecule has 1 aliphatic heterocycles. The van der Waals surface area contributed by atoms with Gasteiger partial charge in [0.2, 0.25) is 0 Å². The van der Waals surface area contributed by atoms with Crippen molar-refractivity contribution in [2.75, 3.05) is 18.8 Å². The van der Waals surface area contributed by atoms with Gasteiger partial charge in [0.15, 0.2) is 17.3 Å². The average Bonchev–Trinajstić information content (AvgIpc) is 3.52. The van der Waals surface area contributed by atoms with Crippen LogP contribution in [0.4, 0.5) is 5.82 Å². The molecule has 164 valence electrons. The van der Waals surface area contributed by atoms with Gasteiger partial charge < -0.3 is 20.9 Å². The number of anilines is 1. The summed E-state index contributed by atoms with van der Waals surface area (Å²) in [5, 5.41) is 14.5. The summed E-state index contributed by atoms with van der Waals surface area (Å²) < 4.78 is 6.67. The Balaban J connectivity index is 1.74. The predicted molar refractivity (Wildman–Crippen MR) is 120 cm³/mol. The Labute approximate surface area is 188 Å². The maximum absolute atomic E-state index is 13.2. The Morgan fingerprint density at radius 2 is 2.25 bits per heavy atom. The zero-order chi connectivity index (χ0) is 22.2. The molecule has 32 heavy (non-hydrogen) atoms. The van der Waals surface area contributed by atoms with Gasteiger partial charge in [-0.2, -0.15) is 0 Å². The molecule has 1 amide bonds. The molecule has 1 atom stereocenters. The molecule has 1 aliphatic rings. The van der Waals surface area contributed by atoms with Crippen LogP contribution in [0.15, 0.2) is 35.1 Å². The zero-order valence-corrected chi connectivity index (χ0v) is 18.1. The number of amides is 1. The number of nitrogens with one attached hydrogen (secondary N) is 2. The quantitative estimate of drug-likeness (QED) is 0.420. The molecule has 0 bridgehead atoms. The summed E-state index contributed by atoms with van der Waals surface area (Å²) in [5.74, 6) is 0.366. The maximum Gasteiger partial charge on any atom is 0.255 e. The number of aryl methyl sites for hydroxylation is 1. The number of imidazole rings is 1. The van der Waals surface area contributed by atoms with Crippen molar-refractivity contribution in [1.82, 2.24) is 35.5 Å². The molecule has 4 heterocycles. The van der Waals surface area contributed by atoms with E-state index < -0.39 is 0 Å². The van der Waals surface area contributed by atoms with Gasteiger partial charge in [0.05, 0.1) is 16.8 Å². The van der Waals surface area contributed by atoms with Crippen molar-refractivity contribution in [3.8, 4) is 22.8 Å². The van der Waals surface area contributed by atoms with E-state index in [0.717, 1.165) is 25.1 Å². The van der Waals surface area contributed by atoms with Crippen molar-refractivity contribution in [2.45, 2.75) is 25.9 Å². The Bertz CT molecular complexity index is 1310. The fraction of sp³-hybridized carbons (Fsp3) is 0.286. The van der Waals surface area contributed by atoms with Crippen LogP contribution >= 0.6 is 11.6 Å². The largest absolute Gasteiger partial charge is 0.379 e. The van der Waals surface area contributed by atoms with Crippen molar-refractivity contribution in [3.63, 3.8) is 0 Å². The van der Waals surface area contributed by atoms with E-state index in [-0.39, 0.29) is 17.8 Å². The molecule has 10 nitrogen and oxygen atoms in total. The van der Waals surface area contributed by atoms with E-state index in [4.69, 9.17) is 26.9 Å². The fourth-order valence-electron chi connectivity index (χ4n) is 4.04. The van der Waals surface area contributed by atoms with Gasteiger partial charge in [-0.1, -0.05) is 23.7 Å². The molecule has 1 aromatic carbocycles. The number of aromatic nitrogens is 5. The molecule has 0 spiro atoms. The molecular weight excluding hydrogens is 432 g/mol. The van der Waals surface area contributed by atoms with Crippen LogP contribution < -0.4 is 16.4 Å². The van der Waals surface area contributed by atoms with Gasteiger partial charge in [-0.3, -0.25) is 9.78 Å². The van der Waals surface area contributed by atoms with Crippen LogP contribution in [0.3, 0.4) is 0 Å². The minimum atomic E-state index is -0.207. The number of carbonyl (C=O) groups is 1. The molecule has 0 saturated carbocycles. The summed E-state index contributed by atoms with van der Waals surface area (Å²) in [4.78, 5) is 22.6. The highest BCUT2D eigenvalue weighted by Gasteiger charge is 2.27. The number of nitrogen functional groups attached to an aromatic ring is 1. The van der Waals surface area contributed by atoms with Crippen molar-refractivity contribution in [3.05, 3.63) is 41.0 Å². The summed E-state index contributed by atoms with van der Waals surface area (Å²) in [7, 11) is 0. The van der Waals surface area contributed by atoms with Crippen molar-refractivity contribution >= 4 is 34.4 Å². The van der Waals surface area contributed by atoms with Gasteiger partial charge in [-0.15, -0.1) is 0 Å². The van der Waals surface area contributed by atoms with Gasteiger partial charge in [-0.25, -0.2) is 9.61 Å². The number of fused-ring (bicyclic) bond motifs is 1. The minimum absolute atomic E-state index is 0.0676. The summed E-state index contributed by atoms with van der Waals surface area (Å²) in [5.41, 5.74) is 9.26. The SMILES string of the molecule is CCn1c(-c2nonc2N)nc2c(-c3cccc(Cl)c3)ncc(C(=O)NC3CCNC3)c21. The number of carbonyl (C=O) groups excluding carboxylic acids is 1. The first kappa shape index (κ1) is 20.4. The summed E-state index contributed by atoms with van der Waals surface area (Å²) in [6, 6.07) is 7.41. The highest BCUT2D eigenvalue weighted by Crippen LogP contribution is 2.34. The van der Waals surface area contributed by atoms with E-state index in [1.54, 1.807) is 12.3 Å². The van der Waals surface area contributed by atoms with Crippen LogP contribution in [0, 0.1) is 0 Å². The van der Waals surface area contributed by atoms with Crippen LogP contribution in [0.5, 0.6) is 0 Å². The Kier molecular flexibility index (Phi) is 5.24. The number of hydrogen-bond donors (Lipinski definition) is 3. The van der Waals surface area contributed by atoms with Crippen LogP contribution in [-0.4, -0.2) is 49.9 Å². The Morgan fingerprint density at radius 3 is 2.94 bits per heavy atom. The van der Waals surface area contributed by atoms with Gasteiger partial charge in [0.1, 0.15) is 5.52 Å². The summed E-state index contributed by atoms with van der Waals surface area (Å²) >= 11 is 6.22. The molecule has 4 N–H and O–H groups in total. The monoisotopic (exact) mass is 452 g/mol. The Morgan fingerprint density at radius 1 is 1.38 bits per heavy atom. The lowest BCUT2D eigenvalue weighted by atomic mass is 10.1. The molecule has 11 heteroatoms. The first-order chi connectivity index (χ1) is 15.6. The van der Waals surface area contributed by atoms with E-state index >= 15 is 0 Å². The van der Waals surface area contributed by atoms with Crippen LogP contribution in [0.1, 0.15) is 23.7 Å². The number of pyridine rings is 1. The molecule has 0 aliphatic carbocycles. The maximum atomic E-state index is 13.2. The third-order valence-electron chi connectivity index (χ3n) is 5.55. The second kappa shape index (κ2) is 8.21. The van der Waals surface area contributed by atoms with Gasteiger partial charge in [-0.05, 0) is 42.3 Å². The fourth-order valence-corrected chi connectivity index (χ4v) is 4.23. The first-order valence-electron chi connectivity index (χ1n) is 10.3. The highest BCUT2D eigenvalue weighted by atomic mass is 35.5. The minimum Gasteiger partial charge on any atom is -0.379 e. The van der Waals surface area contributed by atoms with Crippen LogP contribution in [0.25, 0.3) is 33.8 Å². The third kappa shape index (κ3) is 3.47. The summed E-state index contributed by atoms with van der Waals surface area (Å²) in [6.07, 6.45) is 2.46. The van der Waals surface area contributed by atoms with E-state index in [1.807, 2.05) is 29.7 Å². The standard InChI is InChI=1S/C21H21ClN8O2/c1-2-30-18-14(21(31)26-13-6-7-24-9-13)10-25-15(11-4-3-5-12(22)8-11)16(18)27-20(30)17-19(23)29-32-28-17/h3-5,8,10,13,24H,2,6-7,9H2,1H3,(H2,23,29)(H,26,31). The molecule has 3 aromatic heterocycles. The topological polar surface area (TPSA) is 137 Å². The van der Waals surface area contributed by atoms with E-state index in [9.17, 15) is 4.79 Å². The number of halogens is 1. The predicted octanol–water partition coefficient (Wildman–Crippen LogP) is 2.50. The molecule has 1 fully saturated rings. The van der Waals surface area contributed by atoms with E-state index in [1.165, 1.54) is 0 Å². The highest BCUT2D eigenvalue weighted by molar-refractivity contribution is 6.30. The van der Waals surface area contributed by atoms with Crippen molar-refractivity contribution in [1.29, 1.82) is 0 Å². The lowest BCUT2D eigenvalue weighted by Gasteiger charge is -2.14. The Hall–Kier alpha value is -3.50. The second-order valence-electron chi connectivity index (χ2n) is 7.57. The third-order valence-corrected chi connectivity index (χ3v) is 5.79. The van der Waals surface area contributed by atoms with E-state index in [0.29, 0.717) is 45.4 Å². The number of hydrogen-bond acceptors (Lipinski definition) is 8. The normalized spacial score (nSPS) is 16.0. The average molecular weight is 453 g/mol. The number of rotatable bonds is 5. The second-order valence-corrected chi connectivity index (χ2v) is 8.01. The van der Waals surface area contributed by atoms with E-state index in [2.05, 4.69) is 25.9 Å². The molecular formula is C21H21ClN8O2. The molecule has 1 saturated heterocycles. The first-order valence-corrected chi connectivity index (χ1v) is 10.7. The van der Waals surface area contributed by atoms with Gasteiger partial charge >= 0.3 is 0 Å². The van der Waals surface area contributed by atoms with Crippen molar-refractivity contribution in [2.24, 2.45) is 0 Å². The van der Waals surface area contributed by atoms with Gasteiger partial charge in [0.25, 0.3) is 5.91 Å². The number of nitrogens with zero attached hydrogens (tertiary/aromatic N) is 5. The molecule has 4 aromatic rings. The number of benzene rings is 1.